The van der Waals surface area contributed by atoms with Crippen molar-refractivity contribution in [3.8, 4) is 5.75 Å². The van der Waals surface area contributed by atoms with Crippen LogP contribution in [0, 0.1) is 0 Å². The molecule has 0 radical (unpaired) electrons. The van der Waals surface area contributed by atoms with Gasteiger partial charge in [-0.3, -0.25) is 0 Å². The Bertz CT molecular complexity index is 579. The fourth-order valence-electron chi connectivity index (χ4n) is 2.36. The maximum absolute atomic E-state index is 12.8. The normalized spacial score (nSPS) is 24.6. The van der Waals surface area contributed by atoms with Crippen LogP contribution in [-0.4, -0.2) is 43.4 Å². The molecular weight excluding hydrogens is 296 g/mol. The van der Waals surface area contributed by atoms with Gasteiger partial charge in [0.2, 0.25) is 10.0 Å². The van der Waals surface area contributed by atoms with Crippen molar-refractivity contribution < 1.29 is 13.2 Å². The first-order valence-electron chi connectivity index (χ1n) is 6.43. The summed E-state index contributed by atoms with van der Waals surface area (Å²) in [7, 11) is -2.10. The summed E-state index contributed by atoms with van der Waals surface area (Å²) in [4.78, 5) is 0.181. The molecule has 0 aromatic heterocycles. The van der Waals surface area contributed by atoms with Gasteiger partial charge < -0.3 is 10.5 Å². The summed E-state index contributed by atoms with van der Waals surface area (Å²) in [5.41, 5.74) is 6.16. The molecule has 112 valence electrons. The fraction of sp³-hybridized carbons (Fsp3) is 0.538. The number of benzene rings is 1. The van der Waals surface area contributed by atoms with Crippen molar-refractivity contribution in [3.05, 3.63) is 18.2 Å². The number of ether oxygens (including phenoxy) is 1. The van der Waals surface area contributed by atoms with E-state index in [-0.39, 0.29) is 15.4 Å². The molecule has 1 heterocycles. The first-order valence-corrected chi connectivity index (χ1v) is 8.82. The lowest BCUT2D eigenvalue weighted by atomic mass is 10.3. The molecule has 1 aromatic carbocycles. The molecule has 1 aromatic rings. The Labute approximate surface area is 124 Å². The molecule has 20 heavy (non-hydrogen) atoms. The molecule has 0 saturated carbocycles. The Hall–Kier alpha value is -0.920. The van der Waals surface area contributed by atoms with Crippen LogP contribution in [0.25, 0.3) is 0 Å². The van der Waals surface area contributed by atoms with E-state index in [0.29, 0.717) is 24.5 Å². The zero-order valence-electron chi connectivity index (χ0n) is 11.9. The number of anilines is 1. The molecule has 0 amide bonds. The van der Waals surface area contributed by atoms with Crippen LogP contribution in [0.2, 0.25) is 0 Å². The van der Waals surface area contributed by atoms with E-state index < -0.39 is 10.0 Å². The number of sulfonamides is 1. The average Bonchev–Trinajstić information content (AvgIpc) is 2.37. The Kier molecular flexibility index (Phi) is 4.51. The van der Waals surface area contributed by atoms with Crippen molar-refractivity contribution in [3.63, 3.8) is 0 Å². The molecule has 5 nitrogen and oxygen atoms in total. The highest BCUT2D eigenvalue weighted by molar-refractivity contribution is 8.00. The molecule has 0 aliphatic carbocycles. The molecule has 1 aliphatic rings. The molecule has 1 aliphatic heterocycles. The fourth-order valence-corrected chi connectivity index (χ4v) is 5.63. The molecule has 1 fully saturated rings. The average molecular weight is 316 g/mol. The van der Waals surface area contributed by atoms with E-state index in [1.54, 1.807) is 12.1 Å². The largest absolute Gasteiger partial charge is 0.495 e. The van der Waals surface area contributed by atoms with Gasteiger partial charge in [0.25, 0.3) is 0 Å². The molecule has 1 saturated heterocycles. The third-order valence-electron chi connectivity index (χ3n) is 3.19. The van der Waals surface area contributed by atoms with Gasteiger partial charge in [0.15, 0.2) is 0 Å². The smallest absolute Gasteiger partial charge is 0.246 e. The molecule has 2 rings (SSSR count). The third-order valence-corrected chi connectivity index (χ3v) is 6.29. The SMILES string of the molecule is COc1cc(N)ccc1S(=O)(=O)N1CC(C)SC(C)C1. The van der Waals surface area contributed by atoms with Crippen molar-refractivity contribution in [2.24, 2.45) is 0 Å². The summed E-state index contributed by atoms with van der Waals surface area (Å²) >= 11 is 1.81. The molecule has 2 N–H and O–H groups in total. The van der Waals surface area contributed by atoms with Gasteiger partial charge in [-0.15, -0.1) is 0 Å². The molecule has 2 atom stereocenters. The number of nitrogens with two attached hydrogens (primary N) is 1. The number of thioether (sulfide) groups is 1. The predicted molar refractivity (Wildman–Crippen MR) is 82.7 cm³/mol. The van der Waals surface area contributed by atoms with Crippen molar-refractivity contribution in [1.29, 1.82) is 0 Å². The molecule has 0 spiro atoms. The zero-order valence-corrected chi connectivity index (χ0v) is 13.5. The van der Waals surface area contributed by atoms with Gasteiger partial charge >= 0.3 is 0 Å². The maximum Gasteiger partial charge on any atom is 0.246 e. The van der Waals surface area contributed by atoms with Crippen LogP contribution < -0.4 is 10.5 Å². The van der Waals surface area contributed by atoms with Crippen LogP contribution in [0.4, 0.5) is 5.69 Å². The molecule has 0 bridgehead atoms. The van der Waals surface area contributed by atoms with Gasteiger partial charge in [-0.05, 0) is 12.1 Å². The highest BCUT2D eigenvalue weighted by atomic mass is 32.2. The Morgan fingerprint density at radius 1 is 1.30 bits per heavy atom. The summed E-state index contributed by atoms with van der Waals surface area (Å²) in [5.74, 6) is 0.295. The number of nitrogen functional groups attached to an aromatic ring is 1. The lowest BCUT2D eigenvalue weighted by Gasteiger charge is -2.33. The van der Waals surface area contributed by atoms with Gasteiger partial charge in [-0.25, -0.2) is 8.42 Å². The second-order valence-electron chi connectivity index (χ2n) is 4.99. The number of hydrogen-bond acceptors (Lipinski definition) is 5. The zero-order chi connectivity index (χ0) is 14.9. The standard InChI is InChI=1S/C13H20N2O3S2/c1-9-7-15(8-10(2)19-9)20(16,17)13-5-4-11(14)6-12(13)18-3/h4-6,9-10H,7-8,14H2,1-3H3. The number of methoxy groups -OCH3 is 1. The second-order valence-corrected chi connectivity index (χ2v) is 8.78. The quantitative estimate of drug-likeness (QED) is 0.861. The van der Waals surface area contributed by atoms with E-state index in [4.69, 9.17) is 10.5 Å². The van der Waals surface area contributed by atoms with Crippen molar-refractivity contribution in [2.75, 3.05) is 25.9 Å². The first-order chi connectivity index (χ1) is 9.34. The van der Waals surface area contributed by atoms with Crippen LogP contribution in [0.5, 0.6) is 5.75 Å². The van der Waals surface area contributed by atoms with E-state index in [0.717, 1.165) is 0 Å². The van der Waals surface area contributed by atoms with Gasteiger partial charge in [0, 0.05) is 35.3 Å². The predicted octanol–water partition coefficient (Wildman–Crippen LogP) is 1.79. The highest BCUT2D eigenvalue weighted by Crippen LogP contribution is 2.33. The van der Waals surface area contributed by atoms with Gasteiger partial charge in [-0.2, -0.15) is 16.1 Å². The van der Waals surface area contributed by atoms with Gasteiger partial charge in [0.05, 0.1) is 7.11 Å². The van der Waals surface area contributed by atoms with Crippen LogP contribution in [0.3, 0.4) is 0 Å². The Balaban J connectivity index is 2.39. The molecule has 7 heteroatoms. The Morgan fingerprint density at radius 2 is 1.90 bits per heavy atom. The number of rotatable bonds is 3. The lowest BCUT2D eigenvalue weighted by molar-refractivity contribution is 0.385. The van der Waals surface area contributed by atoms with Crippen LogP contribution in [0.1, 0.15) is 13.8 Å². The van der Waals surface area contributed by atoms with E-state index in [2.05, 4.69) is 0 Å². The van der Waals surface area contributed by atoms with Crippen LogP contribution in [-0.2, 0) is 10.0 Å². The minimum Gasteiger partial charge on any atom is -0.495 e. The van der Waals surface area contributed by atoms with Crippen LogP contribution in [0.15, 0.2) is 23.1 Å². The third kappa shape index (κ3) is 3.05. The number of hydrogen-bond donors (Lipinski definition) is 1. The van der Waals surface area contributed by atoms with Crippen molar-refractivity contribution in [2.45, 2.75) is 29.2 Å². The van der Waals surface area contributed by atoms with Crippen molar-refractivity contribution >= 4 is 27.5 Å². The summed E-state index contributed by atoms with van der Waals surface area (Å²) in [6.45, 7) is 5.13. The van der Waals surface area contributed by atoms with Crippen LogP contribution >= 0.6 is 11.8 Å². The molecule has 2 unspecified atom stereocenters. The van der Waals surface area contributed by atoms with E-state index >= 15 is 0 Å². The van der Waals surface area contributed by atoms with E-state index in [9.17, 15) is 8.42 Å². The minimum absolute atomic E-state index is 0.181. The second kappa shape index (κ2) is 5.83. The topological polar surface area (TPSA) is 72.6 Å². The lowest BCUT2D eigenvalue weighted by Crippen LogP contribution is -2.44. The summed E-state index contributed by atoms with van der Waals surface area (Å²) in [6, 6.07) is 4.64. The van der Waals surface area contributed by atoms with Gasteiger partial charge in [0.1, 0.15) is 10.6 Å². The molecular formula is C13H20N2O3S2. The summed E-state index contributed by atoms with van der Waals surface area (Å²) in [5, 5.41) is 0.571. The van der Waals surface area contributed by atoms with Crippen molar-refractivity contribution in [1.82, 2.24) is 4.31 Å². The first kappa shape index (κ1) is 15.5. The van der Waals surface area contributed by atoms with Gasteiger partial charge in [-0.1, -0.05) is 13.8 Å². The maximum atomic E-state index is 12.8. The summed E-state index contributed by atoms with van der Waals surface area (Å²) in [6.07, 6.45) is 0. The minimum atomic E-state index is -3.55. The van der Waals surface area contributed by atoms with E-state index in [1.165, 1.54) is 17.5 Å². The summed E-state index contributed by atoms with van der Waals surface area (Å²) < 4.78 is 32.2. The Morgan fingerprint density at radius 3 is 2.45 bits per heavy atom. The highest BCUT2D eigenvalue weighted by Gasteiger charge is 2.33. The monoisotopic (exact) mass is 316 g/mol. The number of nitrogens with zero attached hydrogens (tertiary/aromatic N) is 1. The van der Waals surface area contributed by atoms with E-state index in [1.807, 2.05) is 25.6 Å².